The van der Waals surface area contributed by atoms with Crippen LogP contribution in [0.25, 0.3) is 0 Å². The van der Waals surface area contributed by atoms with E-state index < -0.39 is 0 Å². The van der Waals surface area contributed by atoms with Gasteiger partial charge in [-0.3, -0.25) is 4.79 Å². The summed E-state index contributed by atoms with van der Waals surface area (Å²) in [5.74, 6) is 0.0648. The fraction of sp³-hybridized carbons (Fsp3) is 0.462. The molecule has 4 nitrogen and oxygen atoms in total. The standard InChI is InChI=1S/C13H18N2O2.ClH/c1-14-5-6-15(2)13(16)10-3-4-11-8-17-9-12(11)7-10;/h3-4,7,14H,5-6,8-9H2,1-2H3;1H. The van der Waals surface area contributed by atoms with E-state index in [2.05, 4.69) is 5.32 Å². The van der Waals surface area contributed by atoms with E-state index in [4.69, 9.17) is 4.74 Å². The van der Waals surface area contributed by atoms with Crippen LogP contribution in [0.5, 0.6) is 0 Å². The van der Waals surface area contributed by atoms with Gasteiger partial charge in [0.25, 0.3) is 5.91 Å². The maximum Gasteiger partial charge on any atom is 0.253 e. The van der Waals surface area contributed by atoms with Crippen LogP contribution in [0.2, 0.25) is 0 Å². The third-order valence-electron chi connectivity index (χ3n) is 3.01. The Kier molecular flexibility index (Phi) is 5.59. The van der Waals surface area contributed by atoms with E-state index >= 15 is 0 Å². The molecule has 2 rings (SSSR count). The number of amides is 1. The molecule has 1 aliphatic heterocycles. The summed E-state index contributed by atoms with van der Waals surface area (Å²) in [6.45, 7) is 2.80. The minimum atomic E-state index is 0. The highest BCUT2D eigenvalue weighted by atomic mass is 35.5. The predicted octanol–water partition coefficient (Wildman–Crippen LogP) is 1.43. The highest BCUT2D eigenvalue weighted by molar-refractivity contribution is 5.94. The Morgan fingerprint density at radius 3 is 2.83 bits per heavy atom. The third kappa shape index (κ3) is 3.22. The summed E-state index contributed by atoms with van der Waals surface area (Å²) < 4.78 is 5.34. The maximum absolute atomic E-state index is 12.1. The average molecular weight is 271 g/mol. The zero-order valence-electron chi connectivity index (χ0n) is 10.7. The fourth-order valence-corrected chi connectivity index (χ4v) is 1.91. The van der Waals surface area contributed by atoms with Crippen LogP contribution in [0.1, 0.15) is 21.5 Å². The molecule has 0 atom stereocenters. The van der Waals surface area contributed by atoms with Crippen molar-refractivity contribution in [2.75, 3.05) is 27.2 Å². The first-order valence-corrected chi connectivity index (χ1v) is 5.82. The minimum absolute atomic E-state index is 0. The second-order valence-electron chi connectivity index (χ2n) is 4.31. The number of hydrogen-bond donors (Lipinski definition) is 1. The van der Waals surface area contributed by atoms with Gasteiger partial charge in [-0.15, -0.1) is 12.4 Å². The Morgan fingerprint density at radius 1 is 1.39 bits per heavy atom. The number of carbonyl (C=O) groups is 1. The molecule has 1 aliphatic rings. The molecular weight excluding hydrogens is 252 g/mol. The van der Waals surface area contributed by atoms with Crippen LogP contribution >= 0.6 is 12.4 Å². The normalized spacial score (nSPS) is 12.8. The smallest absolute Gasteiger partial charge is 0.253 e. The van der Waals surface area contributed by atoms with Crippen molar-refractivity contribution in [1.82, 2.24) is 10.2 Å². The average Bonchev–Trinajstić information content (AvgIpc) is 2.81. The highest BCUT2D eigenvalue weighted by Crippen LogP contribution is 2.21. The van der Waals surface area contributed by atoms with Crippen LogP contribution in [0.4, 0.5) is 0 Å². The quantitative estimate of drug-likeness (QED) is 0.900. The first-order valence-electron chi connectivity index (χ1n) is 5.82. The number of fused-ring (bicyclic) bond motifs is 1. The number of carbonyl (C=O) groups excluding carboxylic acids is 1. The lowest BCUT2D eigenvalue weighted by Gasteiger charge is -2.17. The van der Waals surface area contributed by atoms with Crippen molar-refractivity contribution in [2.45, 2.75) is 13.2 Å². The largest absolute Gasteiger partial charge is 0.372 e. The van der Waals surface area contributed by atoms with Gasteiger partial charge in [0.1, 0.15) is 0 Å². The molecule has 0 radical (unpaired) electrons. The molecule has 1 aromatic carbocycles. The number of ether oxygens (including phenoxy) is 1. The molecule has 1 heterocycles. The predicted molar refractivity (Wildman–Crippen MR) is 73.1 cm³/mol. The van der Waals surface area contributed by atoms with Crippen LogP contribution in [-0.4, -0.2) is 38.0 Å². The number of nitrogens with one attached hydrogen (secondary N) is 1. The SMILES string of the molecule is CNCCN(C)C(=O)c1ccc2c(c1)COC2.Cl. The van der Waals surface area contributed by atoms with Crippen molar-refractivity contribution in [1.29, 1.82) is 0 Å². The van der Waals surface area contributed by atoms with Crippen molar-refractivity contribution in [2.24, 2.45) is 0 Å². The van der Waals surface area contributed by atoms with Crippen molar-refractivity contribution in [3.63, 3.8) is 0 Å². The van der Waals surface area contributed by atoms with Gasteiger partial charge in [0.15, 0.2) is 0 Å². The summed E-state index contributed by atoms with van der Waals surface area (Å²) in [5.41, 5.74) is 3.07. The Hall–Kier alpha value is -1.10. The van der Waals surface area contributed by atoms with Gasteiger partial charge in [-0.1, -0.05) is 6.07 Å². The van der Waals surface area contributed by atoms with Crippen molar-refractivity contribution < 1.29 is 9.53 Å². The Labute approximate surface area is 114 Å². The zero-order chi connectivity index (χ0) is 12.3. The molecule has 0 aromatic heterocycles. The van der Waals surface area contributed by atoms with E-state index in [1.165, 1.54) is 5.56 Å². The first kappa shape index (κ1) is 15.0. The highest BCUT2D eigenvalue weighted by Gasteiger charge is 2.16. The topological polar surface area (TPSA) is 41.6 Å². The Morgan fingerprint density at radius 2 is 2.11 bits per heavy atom. The molecule has 0 spiro atoms. The first-order chi connectivity index (χ1) is 8.22. The maximum atomic E-state index is 12.1. The molecule has 0 fully saturated rings. The molecule has 1 aromatic rings. The second kappa shape index (κ2) is 6.73. The minimum Gasteiger partial charge on any atom is -0.372 e. The monoisotopic (exact) mass is 270 g/mol. The molecule has 0 unspecified atom stereocenters. The molecule has 0 saturated carbocycles. The summed E-state index contributed by atoms with van der Waals surface area (Å²) in [4.78, 5) is 13.8. The Balaban J connectivity index is 0.00000162. The van der Waals surface area contributed by atoms with E-state index in [9.17, 15) is 4.79 Å². The molecule has 0 saturated heterocycles. The van der Waals surface area contributed by atoms with Gasteiger partial charge in [0.2, 0.25) is 0 Å². The van der Waals surface area contributed by atoms with E-state index in [-0.39, 0.29) is 18.3 Å². The molecule has 1 amide bonds. The summed E-state index contributed by atoms with van der Waals surface area (Å²) in [5, 5.41) is 3.03. The number of nitrogens with zero attached hydrogens (tertiary/aromatic N) is 1. The third-order valence-corrected chi connectivity index (χ3v) is 3.01. The second-order valence-corrected chi connectivity index (χ2v) is 4.31. The van der Waals surface area contributed by atoms with E-state index in [1.54, 1.807) is 4.90 Å². The lowest BCUT2D eigenvalue weighted by Crippen LogP contribution is -2.32. The zero-order valence-corrected chi connectivity index (χ0v) is 11.5. The number of likely N-dealkylation sites (N-methyl/N-ethyl adjacent to an activating group) is 2. The van der Waals surface area contributed by atoms with Crippen molar-refractivity contribution >= 4 is 18.3 Å². The van der Waals surface area contributed by atoms with Gasteiger partial charge >= 0.3 is 0 Å². The van der Waals surface area contributed by atoms with E-state index in [0.717, 1.165) is 17.7 Å². The molecule has 5 heteroatoms. The number of benzene rings is 1. The lowest BCUT2D eigenvalue weighted by atomic mass is 10.1. The number of rotatable bonds is 4. The summed E-state index contributed by atoms with van der Waals surface area (Å²) in [6, 6.07) is 5.81. The number of halogens is 1. The van der Waals surface area contributed by atoms with Crippen LogP contribution in [0.3, 0.4) is 0 Å². The van der Waals surface area contributed by atoms with E-state index in [0.29, 0.717) is 19.8 Å². The molecule has 0 bridgehead atoms. The molecule has 100 valence electrons. The van der Waals surface area contributed by atoms with Gasteiger partial charge in [-0.05, 0) is 30.3 Å². The lowest BCUT2D eigenvalue weighted by molar-refractivity contribution is 0.0796. The number of hydrogen-bond acceptors (Lipinski definition) is 3. The van der Waals surface area contributed by atoms with E-state index in [1.807, 2.05) is 32.3 Å². The van der Waals surface area contributed by atoms with Crippen LogP contribution in [0, 0.1) is 0 Å². The Bertz CT molecular complexity index is 423. The molecular formula is C13H19ClN2O2. The summed E-state index contributed by atoms with van der Waals surface area (Å²) >= 11 is 0. The van der Waals surface area contributed by atoms with Gasteiger partial charge in [-0.25, -0.2) is 0 Å². The van der Waals surface area contributed by atoms with Gasteiger partial charge < -0.3 is 15.0 Å². The summed E-state index contributed by atoms with van der Waals surface area (Å²) in [7, 11) is 3.70. The van der Waals surface area contributed by atoms with Gasteiger partial charge in [-0.2, -0.15) is 0 Å². The van der Waals surface area contributed by atoms with Crippen LogP contribution in [0.15, 0.2) is 18.2 Å². The molecule has 18 heavy (non-hydrogen) atoms. The summed E-state index contributed by atoms with van der Waals surface area (Å²) in [6.07, 6.45) is 0. The van der Waals surface area contributed by atoms with Crippen molar-refractivity contribution in [3.8, 4) is 0 Å². The van der Waals surface area contributed by atoms with Crippen molar-refractivity contribution in [3.05, 3.63) is 34.9 Å². The molecule has 0 aliphatic carbocycles. The van der Waals surface area contributed by atoms with Gasteiger partial charge in [0.05, 0.1) is 13.2 Å². The fourth-order valence-electron chi connectivity index (χ4n) is 1.91. The van der Waals surface area contributed by atoms with Crippen LogP contribution in [-0.2, 0) is 18.0 Å². The molecule has 1 N–H and O–H groups in total. The van der Waals surface area contributed by atoms with Crippen LogP contribution < -0.4 is 5.32 Å². The van der Waals surface area contributed by atoms with Gasteiger partial charge in [0, 0.05) is 25.7 Å².